The predicted octanol–water partition coefficient (Wildman–Crippen LogP) is 3.64. The maximum atomic E-state index is 12.3. The van der Waals surface area contributed by atoms with Crippen LogP contribution >= 0.6 is 27.5 Å². The average Bonchev–Trinajstić information content (AvgIpc) is 2.92. The molecule has 0 aliphatic carbocycles. The summed E-state index contributed by atoms with van der Waals surface area (Å²) >= 11 is 9.10. The number of ketones is 1. The molecule has 0 saturated heterocycles. The van der Waals surface area contributed by atoms with Gasteiger partial charge >= 0.3 is 11.9 Å². The highest BCUT2D eigenvalue weighted by molar-refractivity contribution is 9.10. The number of hydrogen-bond donors (Lipinski definition) is 1. The molecule has 0 aliphatic heterocycles. The zero-order valence-electron chi connectivity index (χ0n) is 14.9. The minimum Gasteiger partial charge on any atom is -0.481 e. The molecule has 0 atom stereocenters. The highest BCUT2D eigenvalue weighted by Crippen LogP contribution is 2.27. The molecule has 1 heterocycles. The van der Waals surface area contributed by atoms with Gasteiger partial charge in [0.15, 0.2) is 13.2 Å². The Balaban J connectivity index is 1.93. The van der Waals surface area contributed by atoms with Crippen LogP contribution in [0, 0.1) is 13.8 Å². The molecule has 1 aromatic heterocycles. The van der Waals surface area contributed by atoms with Gasteiger partial charge in [-0.2, -0.15) is 0 Å². The van der Waals surface area contributed by atoms with E-state index in [1.54, 1.807) is 32.0 Å². The van der Waals surface area contributed by atoms with Gasteiger partial charge in [-0.05, 0) is 53.5 Å². The van der Waals surface area contributed by atoms with E-state index in [9.17, 15) is 14.4 Å². The van der Waals surface area contributed by atoms with Crippen molar-refractivity contribution >= 4 is 45.3 Å². The van der Waals surface area contributed by atoms with Crippen molar-refractivity contribution in [2.75, 3.05) is 20.3 Å². The van der Waals surface area contributed by atoms with Gasteiger partial charge in [0.2, 0.25) is 5.78 Å². The number of halogens is 2. The normalized spacial score (nSPS) is 10.4. The lowest BCUT2D eigenvalue weighted by Crippen LogP contribution is -2.20. The van der Waals surface area contributed by atoms with Crippen LogP contribution < -0.4 is 4.74 Å². The van der Waals surface area contributed by atoms with E-state index >= 15 is 0 Å². The molecule has 0 saturated carbocycles. The summed E-state index contributed by atoms with van der Waals surface area (Å²) in [4.78, 5) is 38.7. The number of methoxy groups -OCH3 is 1. The van der Waals surface area contributed by atoms with Gasteiger partial charge in [0.1, 0.15) is 5.75 Å². The fourth-order valence-electron chi connectivity index (χ4n) is 2.43. The van der Waals surface area contributed by atoms with Crippen LogP contribution in [-0.4, -0.2) is 43.0 Å². The molecule has 7 nitrogen and oxygen atoms in total. The molecule has 1 N–H and O–H groups in total. The maximum Gasteiger partial charge on any atom is 0.344 e. The Bertz CT molecular complexity index is 892. The number of ether oxygens (including phenoxy) is 3. The first-order valence-corrected chi connectivity index (χ1v) is 8.95. The number of carbonyl (C=O) groups excluding carboxylic acids is 3. The van der Waals surface area contributed by atoms with Crippen molar-refractivity contribution in [2.24, 2.45) is 0 Å². The first-order valence-electron chi connectivity index (χ1n) is 7.78. The minimum atomic E-state index is -0.709. The van der Waals surface area contributed by atoms with Gasteiger partial charge in [0.25, 0.3) is 0 Å². The van der Waals surface area contributed by atoms with Crippen molar-refractivity contribution in [2.45, 2.75) is 13.8 Å². The van der Waals surface area contributed by atoms with E-state index in [2.05, 4.69) is 20.9 Å². The number of carbonyl (C=O) groups is 3. The number of rotatable bonds is 7. The number of H-pyrrole nitrogens is 1. The van der Waals surface area contributed by atoms with E-state index in [0.29, 0.717) is 32.1 Å². The number of esters is 2. The number of nitrogens with one attached hydrogen (secondary N) is 1. The molecule has 0 bridgehead atoms. The van der Waals surface area contributed by atoms with Crippen LogP contribution in [0.5, 0.6) is 5.75 Å². The number of benzene rings is 1. The summed E-state index contributed by atoms with van der Waals surface area (Å²) in [5.74, 6) is -1.30. The van der Waals surface area contributed by atoms with Gasteiger partial charge in [0, 0.05) is 10.7 Å². The van der Waals surface area contributed by atoms with Gasteiger partial charge in [-0.1, -0.05) is 11.6 Å². The van der Waals surface area contributed by atoms with Crippen molar-refractivity contribution in [1.29, 1.82) is 0 Å². The molecule has 2 rings (SSSR count). The molecule has 2 aromatic rings. The summed E-state index contributed by atoms with van der Waals surface area (Å²) in [5, 5.41) is 0.519. The molecule has 9 heteroatoms. The fraction of sp³-hybridized carbons (Fsp3) is 0.278. The molecule has 1 aromatic carbocycles. The lowest BCUT2D eigenvalue weighted by Gasteiger charge is -2.08. The predicted molar refractivity (Wildman–Crippen MR) is 102 cm³/mol. The van der Waals surface area contributed by atoms with E-state index in [4.69, 9.17) is 25.8 Å². The largest absolute Gasteiger partial charge is 0.481 e. The van der Waals surface area contributed by atoms with E-state index in [0.717, 1.165) is 0 Å². The van der Waals surface area contributed by atoms with Crippen molar-refractivity contribution in [1.82, 2.24) is 4.98 Å². The summed E-state index contributed by atoms with van der Waals surface area (Å²) in [6, 6.07) is 4.84. The third-order valence-corrected chi connectivity index (χ3v) is 4.56. The Morgan fingerprint density at radius 3 is 2.52 bits per heavy atom. The van der Waals surface area contributed by atoms with Crippen molar-refractivity contribution in [3.05, 3.63) is 50.2 Å². The number of aromatic nitrogens is 1. The monoisotopic (exact) mass is 457 g/mol. The van der Waals surface area contributed by atoms with E-state index in [-0.39, 0.29) is 12.3 Å². The van der Waals surface area contributed by atoms with E-state index in [1.807, 2.05) is 0 Å². The van der Waals surface area contributed by atoms with Gasteiger partial charge in [-0.3, -0.25) is 4.79 Å². The number of Topliss-reactive ketones (excluding diaryl/α,β-unsaturated/α-hetero) is 1. The Hall–Kier alpha value is -2.32. The van der Waals surface area contributed by atoms with Crippen LogP contribution in [0.15, 0.2) is 22.7 Å². The summed E-state index contributed by atoms with van der Waals surface area (Å²) in [7, 11) is 1.26. The Morgan fingerprint density at radius 2 is 1.89 bits per heavy atom. The van der Waals surface area contributed by atoms with E-state index in [1.165, 1.54) is 7.11 Å². The van der Waals surface area contributed by atoms with Gasteiger partial charge < -0.3 is 19.2 Å². The second-order valence-corrected chi connectivity index (χ2v) is 6.85. The third-order valence-electron chi connectivity index (χ3n) is 3.71. The lowest BCUT2D eigenvalue weighted by molar-refractivity contribution is -0.144. The first kappa shape index (κ1) is 21.0. The maximum absolute atomic E-state index is 12.3. The molecule has 0 radical (unpaired) electrons. The van der Waals surface area contributed by atoms with Crippen molar-refractivity contribution < 1.29 is 28.6 Å². The van der Waals surface area contributed by atoms with Crippen LogP contribution in [0.1, 0.15) is 32.1 Å². The van der Waals surface area contributed by atoms with E-state index < -0.39 is 24.3 Å². The summed E-state index contributed by atoms with van der Waals surface area (Å²) in [6.45, 7) is 2.42. The van der Waals surface area contributed by atoms with Crippen LogP contribution in [0.25, 0.3) is 0 Å². The van der Waals surface area contributed by atoms with Crippen molar-refractivity contribution in [3.63, 3.8) is 0 Å². The number of hydrogen-bond acceptors (Lipinski definition) is 6. The number of aromatic amines is 1. The van der Waals surface area contributed by atoms with Crippen LogP contribution in [0.3, 0.4) is 0 Å². The molecule has 27 heavy (non-hydrogen) atoms. The molecule has 0 fully saturated rings. The number of aryl methyl sites for hydroxylation is 1. The second kappa shape index (κ2) is 9.05. The summed E-state index contributed by atoms with van der Waals surface area (Å²) < 4.78 is 15.6. The molecule has 0 spiro atoms. The highest BCUT2D eigenvalue weighted by atomic mass is 79.9. The topological polar surface area (TPSA) is 94.7 Å². The Labute approximate surface area is 169 Å². The van der Waals surface area contributed by atoms with Crippen LogP contribution in [0.4, 0.5) is 0 Å². The summed E-state index contributed by atoms with van der Waals surface area (Å²) in [6.07, 6.45) is 0. The third kappa shape index (κ3) is 5.11. The zero-order chi connectivity index (χ0) is 20.1. The zero-order valence-corrected chi connectivity index (χ0v) is 17.2. The van der Waals surface area contributed by atoms with Crippen LogP contribution in [0.2, 0.25) is 5.02 Å². The quantitative estimate of drug-likeness (QED) is 0.503. The minimum absolute atomic E-state index is 0.196. The average molecular weight is 459 g/mol. The Morgan fingerprint density at radius 1 is 1.19 bits per heavy atom. The SMILES string of the molecule is COC(=O)c1c(C)[nH]c(C(=O)COC(=O)COc2ccc(Cl)cc2Br)c1C. The molecule has 0 amide bonds. The van der Waals surface area contributed by atoms with Crippen molar-refractivity contribution in [3.8, 4) is 5.75 Å². The Kier molecular flexibility index (Phi) is 7.04. The van der Waals surface area contributed by atoms with Gasteiger partial charge in [-0.25, -0.2) is 9.59 Å². The molecular formula is C18H17BrClNO6. The first-order chi connectivity index (χ1) is 12.7. The molecular weight excluding hydrogens is 442 g/mol. The lowest BCUT2D eigenvalue weighted by atomic mass is 10.1. The summed E-state index contributed by atoms with van der Waals surface area (Å²) in [5.41, 5.74) is 1.44. The second-order valence-electron chi connectivity index (χ2n) is 5.56. The smallest absolute Gasteiger partial charge is 0.344 e. The molecule has 144 valence electrons. The van der Waals surface area contributed by atoms with Gasteiger partial charge in [-0.15, -0.1) is 0 Å². The standard InChI is InChI=1S/C18H17BrClNO6/c1-9-16(18(24)25-3)10(2)21-17(9)13(22)7-27-15(23)8-26-14-5-4-11(20)6-12(14)19/h4-6,21H,7-8H2,1-3H3. The molecule has 0 unspecified atom stereocenters. The van der Waals surface area contributed by atoms with Crippen LogP contribution in [-0.2, 0) is 14.3 Å². The molecule has 0 aliphatic rings. The van der Waals surface area contributed by atoms with Gasteiger partial charge in [0.05, 0.1) is 22.8 Å². The fourth-order valence-corrected chi connectivity index (χ4v) is 3.22. The highest BCUT2D eigenvalue weighted by Gasteiger charge is 2.23.